The number of rotatable bonds is 7. The van der Waals surface area contributed by atoms with Crippen molar-refractivity contribution in [1.29, 1.82) is 0 Å². The fourth-order valence-electron chi connectivity index (χ4n) is 1.31. The Hall–Kier alpha value is -0.380. The van der Waals surface area contributed by atoms with Gasteiger partial charge in [0.2, 0.25) is 0 Å². The monoisotopic (exact) mass is 213 g/mol. The zero-order valence-corrected chi connectivity index (χ0v) is 9.56. The van der Waals surface area contributed by atoms with Gasteiger partial charge >= 0.3 is 0 Å². The van der Waals surface area contributed by atoms with E-state index in [1.165, 1.54) is 4.88 Å². The van der Waals surface area contributed by atoms with Gasteiger partial charge in [-0.25, -0.2) is 0 Å². The smallest absolute Gasteiger partial charge is 0.0480 e. The van der Waals surface area contributed by atoms with Gasteiger partial charge in [-0.05, 0) is 37.6 Å². The van der Waals surface area contributed by atoms with Crippen LogP contribution in [0.3, 0.4) is 0 Å². The third kappa shape index (κ3) is 4.74. The topological polar surface area (TPSA) is 35.2 Å². The molecule has 2 nitrogen and oxygen atoms in total. The summed E-state index contributed by atoms with van der Waals surface area (Å²) in [6.45, 7) is 3.59. The lowest BCUT2D eigenvalue weighted by atomic mass is 10.1. The lowest BCUT2D eigenvalue weighted by Gasteiger charge is -2.10. The van der Waals surface area contributed by atoms with E-state index in [0.717, 1.165) is 32.5 Å². The summed E-state index contributed by atoms with van der Waals surface area (Å²) >= 11 is 1.81. The van der Waals surface area contributed by atoms with Crippen LogP contribution in [-0.4, -0.2) is 19.3 Å². The number of aryl methyl sites for hydroxylation is 1. The fraction of sp³-hybridized carbons (Fsp3) is 0.636. The third-order valence-corrected chi connectivity index (χ3v) is 3.11. The second-order valence-corrected chi connectivity index (χ2v) is 4.40. The highest BCUT2D eigenvalue weighted by atomic mass is 32.1. The van der Waals surface area contributed by atoms with Gasteiger partial charge in [0.25, 0.3) is 0 Å². The molecule has 0 saturated heterocycles. The minimum atomic E-state index is 0.281. The van der Waals surface area contributed by atoms with E-state index in [1.54, 1.807) is 11.3 Å². The minimum Gasteiger partial charge on any atom is -0.382 e. The van der Waals surface area contributed by atoms with Crippen molar-refractivity contribution in [3.63, 3.8) is 0 Å². The molecule has 1 heterocycles. The third-order valence-electron chi connectivity index (χ3n) is 2.18. The van der Waals surface area contributed by atoms with Crippen molar-refractivity contribution in [3.05, 3.63) is 22.4 Å². The summed E-state index contributed by atoms with van der Waals surface area (Å²) < 4.78 is 5.26. The SMILES string of the molecule is CCOCCC(N)CCc1cccs1. The molecular formula is C11H19NOS. The van der Waals surface area contributed by atoms with Crippen molar-refractivity contribution in [2.45, 2.75) is 32.2 Å². The Morgan fingerprint density at radius 1 is 1.50 bits per heavy atom. The van der Waals surface area contributed by atoms with Crippen molar-refractivity contribution < 1.29 is 4.74 Å². The van der Waals surface area contributed by atoms with Gasteiger partial charge in [-0.3, -0.25) is 0 Å². The molecule has 0 saturated carbocycles. The van der Waals surface area contributed by atoms with E-state index in [2.05, 4.69) is 17.5 Å². The maximum absolute atomic E-state index is 5.96. The summed E-state index contributed by atoms with van der Waals surface area (Å²) in [4.78, 5) is 1.43. The lowest BCUT2D eigenvalue weighted by Crippen LogP contribution is -2.22. The zero-order chi connectivity index (χ0) is 10.2. The number of nitrogens with two attached hydrogens (primary N) is 1. The molecule has 80 valence electrons. The predicted molar refractivity (Wildman–Crippen MR) is 61.7 cm³/mol. The van der Waals surface area contributed by atoms with Crippen LogP contribution in [0.5, 0.6) is 0 Å². The molecule has 1 rings (SSSR count). The molecular weight excluding hydrogens is 194 g/mol. The molecule has 14 heavy (non-hydrogen) atoms. The minimum absolute atomic E-state index is 0.281. The molecule has 1 aromatic heterocycles. The first kappa shape index (κ1) is 11.7. The number of ether oxygens (including phenoxy) is 1. The van der Waals surface area contributed by atoms with E-state index >= 15 is 0 Å². The van der Waals surface area contributed by atoms with Crippen molar-refractivity contribution in [2.75, 3.05) is 13.2 Å². The Labute approximate surface area is 90.1 Å². The zero-order valence-electron chi connectivity index (χ0n) is 8.74. The van der Waals surface area contributed by atoms with E-state index in [0.29, 0.717) is 0 Å². The van der Waals surface area contributed by atoms with Crippen molar-refractivity contribution in [2.24, 2.45) is 5.73 Å². The molecule has 1 atom stereocenters. The molecule has 0 aliphatic heterocycles. The molecule has 0 fully saturated rings. The van der Waals surface area contributed by atoms with Crippen LogP contribution in [0.1, 0.15) is 24.6 Å². The van der Waals surface area contributed by atoms with Crippen LogP contribution in [0.15, 0.2) is 17.5 Å². The van der Waals surface area contributed by atoms with Crippen LogP contribution in [0, 0.1) is 0 Å². The maximum Gasteiger partial charge on any atom is 0.0480 e. The Bertz CT molecular complexity index is 223. The quantitative estimate of drug-likeness (QED) is 0.706. The second kappa shape index (κ2) is 6.98. The van der Waals surface area contributed by atoms with Crippen molar-refractivity contribution in [1.82, 2.24) is 0 Å². The molecule has 0 spiro atoms. The van der Waals surface area contributed by atoms with E-state index in [1.807, 2.05) is 6.92 Å². The second-order valence-electron chi connectivity index (χ2n) is 3.36. The standard InChI is InChI=1S/C11H19NOS/c1-2-13-8-7-10(12)5-6-11-4-3-9-14-11/h3-4,9-10H,2,5-8,12H2,1H3. The summed E-state index contributed by atoms with van der Waals surface area (Å²) in [6.07, 6.45) is 3.14. The summed E-state index contributed by atoms with van der Waals surface area (Å²) in [5, 5.41) is 2.11. The van der Waals surface area contributed by atoms with Crippen LogP contribution in [0.25, 0.3) is 0 Å². The number of hydrogen-bond acceptors (Lipinski definition) is 3. The van der Waals surface area contributed by atoms with E-state index < -0.39 is 0 Å². The Kier molecular flexibility index (Phi) is 5.83. The largest absolute Gasteiger partial charge is 0.382 e. The van der Waals surface area contributed by atoms with E-state index in [9.17, 15) is 0 Å². The van der Waals surface area contributed by atoms with Gasteiger partial charge in [0.05, 0.1) is 0 Å². The Balaban J connectivity index is 2.06. The van der Waals surface area contributed by atoms with Gasteiger partial charge in [-0.2, -0.15) is 0 Å². The summed E-state index contributed by atoms with van der Waals surface area (Å²) in [5.41, 5.74) is 5.96. The Morgan fingerprint density at radius 2 is 2.36 bits per heavy atom. The van der Waals surface area contributed by atoms with Crippen LogP contribution >= 0.6 is 11.3 Å². The summed E-state index contributed by atoms with van der Waals surface area (Å²) in [6, 6.07) is 4.54. The average Bonchev–Trinajstić information content (AvgIpc) is 2.68. The van der Waals surface area contributed by atoms with Crippen LogP contribution < -0.4 is 5.73 Å². The molecule has 0 bridgehead atoms. The van der Waals surface area contributed by atoms with E-state index in [-0.39, 0.29) is 6.04 Å². The first-order valence-electron chi connectivity index (χ1n) is 5.18. The highest BCUT2D eigenvalue weighted by molar-refractivity contribution is 7.09. The number of hydrogen-bond donors (Lipinski definition) is 1. The maximum atomic E-state index is 5.96. The molecule has 2 N–H and O–H groups in total. The molecule has 0 aliphatic carbocycles. The van der Waals surface area contributed by atoms with Gasteiger partial charge in [0.15, 0.2) is 0 Å². The van der Waals surface area contributed by atoms with Crippen LogP contribution in [-0.2, 0) is 11.2 Å². The molecule has 0 aliphatic rings. The first-order valence-corrected chi connectivity index (χ1v) is 6.06. The highest BCUT2D eigenvalue weighted by Gasteiger charge is 2.03. The molecule has 0 aromatic carbocycles. The van der Waals surface area contributed by atoms with Gasteiger partial charge in [0.1, 0.15) is 0 Å². The van der Waals surface area contributed by atoms with Crippen LogP contribution in [0.4, 0.5) is 0 Å². The van der Waals surface area contributed by atoms with Gasteiger partial charge in [0, 0.05) is 24.1 Å². The average molecular weight is 213 g/mol. The van der Waals surface area contributed by atoms with Crippen LogP contribution in [0.2, 0.25) is 0 Å². The van der Waals surface area contributed by atoms with Gasteiger partial charge < -0.3 is 10.5 Å². The lowest BCUT2D eigenvalue weighted by molar-refractivity contribution is 0.139. The molecule has 0 radical (unpaired) electrons. The molecule has 3 heteroatoms. The summed E-state index contributed by atoms with van der Waals surface area (Å²) in [7, 11) is 0. The molecule has 0 amide bonds. The highest BCUT2D eigenvalue weighted by Crippen LogP contribution is 2.12. The van der Waals surface area contributed by atoms with Gasteiger partial charge in [-0.1, -0.05) is 6.07 Å². The van der Waals surface area contributed by atoms with Gasteiger partial charge in [-0.15, -0.1) is 11.3 Å². The molecule has 1 unspecified atom stereocenters. The fourth-order valence-corrected chi connectivity index (χ4v) is 2.03. The molecule has 1 aromatic rings. The van der Waals surface area contributed by atoms with E-state index in [4.69, 9.17) is 10.5 Å². The summed E-state index contributed by atoms with van der Waals surface area (Å²) in [5.74, 6) is 0. The van der Waals surface area contributed by atoms with Crippen molar-refractivity contribution in [3.8, 4) is 0 Å². The normalized spacial score (nSPS) is 13.0. The predicted octanol–water partition coefficient (Wildman–Crippen LogP) is 2.43. The first-order chi connectivity index (χ1) is 6.83. The van der Waals surface area contributed by atoms with Crippen molar-refractivity contribution >= 4 is 11.3 Å². The Morgan fingerprint density at radius 3 is 3.00 bits per heavy atom. The number of thiophene rings is 1.